The topological polar surface area (TPSA) is 70.1 Å². The second kappa shape index (κ2) is 14.3. The molecule has 6 rings (SSSR count). The molecule has 2 aliphatic heterocycles. The molecule has 2 unspecified atom stereocenters. The standard InChI is InChI=1S/C17H18INO3S.C16H16INO/c1-23(20,21)22-16-11-19(12-16)17(13-5-3-2-4-6-13)14-7-9-15(18)10-8-14;17-14-8-6-13(7-9-14)16(18-10-15(19)11-18)12-4-2-1-3-5-12/h2-10,16-17H,11-12H2,1H3;1-9,15-16,19H,10-11H2. The van der Waals surface area contributed by atoms with E-state index in [1.807, 2.05) is 24.3 Å². The molecule has 1 N–H and O–H groups in total. The van der Waals surface area contributed by atoms with Gasteiger partial charge in [0, 0.05) is 33.3 Å². The second-order valence-corrected chi connectivity index (χ2v) is 14.8. The zero-order valence-corrected chi connectivity index (χ0v) is 28.4. The highest BCUT2D eigenvalue weighted by Gasteiger charge is 2.36. The SMILES string of the molecule is CS(=O)(=O)OC1CN(C(c2ccccc2)c2ccc(I)cc2)C1.OC1CN(C(c2ccccc2)c2ccc(I)cc2)C1. The number of benzene rings is 4. The fourth-order valence-electron chi connectivity index (χ4n) is 5.48. The molecule has 0 bridgehead atoms. The summed E-state index contributed by atoms with van der Waals surface area (Å²) in [7, 11) is -3.40. The molecule has 2 aliphatic rings. The van der Waals surface area contributed by atoms with Crippen molar-refractivity contribution in [3.63, 3.8) is 0 Å². The lowest BCUT2D eigenvalue weighted by Crippen LogP contribution is -2.54. The molecule has 9 heteroatoms. The zero-order valence-electron chi connectivity index (χ0n) is 23.3. The molecule has 0 radical (unpaired) electrons. The highest BCUT2D eigenvalue weighted by Crippen LogP contribution is 2.34. The van der Waals surface area contributed by atoms with Crippen LogP contribution in [0.1, 0.15) is 34.3 Å². The summed E-state index contributed by atoms with van der Waals surface area (Å²) in [5.41, 5.74) is 4.98. The molecule has 4 aromatic rings. The van der Waals surface area contributed by atoms with Crippen LogP contribution >= 0.6 is 45.2 Å². The Hall–Kier alpha value is -1.87. The summed E-state index contributed by atoms with van der Waals surface area (Å²) in [6.07, 6.45) is 0.679. The van der Waals surface area contributed by atoms with Crippen LogP contribution in [-0.4, -0.2) is 68.0 Å². The predicted octanol–water partition coefficient (Wildman–Crippen LogP) is 6.10. The van der Waals surface area contributed by atoms with Crippen molar-refractivity contribution in [3.05, 3.63) is 139 Å². The normalized spacial score (nSPS) is 17.8. The number of aliphatic hydroxyl groups excluding tert-OH is 1. The monoisotopic (exact) mass is 808 g/mol. The molecule has 220 valence electrons. The first-order valence-corrected chi connectivity index (χ1v) is 17.8. The van der Waals surface area contributed by atoms with Crippen LogP contribution < -0.4 is 0 Å². The van der Waals surface area contributed by atoms with Crippen LogP contribution in [-0.2, 0) is 14.3 Å². The summed E-state index contributed by atoms with van der Waals surface area (Å²) in [5.74, 6) is 0. The molecule has 2 heterocycles. The smallest absolute Gasteiger partial charge is 0.264 e. The minimum Gasteiger partial charge on any atom is -0.390 e. The summed E-state index contributed by atoms with van der Waals surface area (Å²) in [6.45, 7) is 2.73. The van der Waals surface area contributed by atoms with Crippen LogP contribution in [0.5, 0.6) is 0 Å². The minimum atomic E-state index is -3.40. The molecular formula is C33H34I2N2O4S. The third kappa shape index (κ3) is 8.40. The van der Waals surface area contributed by atoms with Crippen molar-refractivity contribution in [1.82, 2.24) is 9.80 Å². The highest BCUT2D eigenvalue weighted by atomic mass is 127. The van der Waals surface area contributed by atoms with E-state index in [1.165, 1.54) is 29.4 Å². The number of likely N-dealkylation sites (tertiary alicyclic amines) is 2. The number of aliphatic hydroxyl groups is 1. The molecule has 42 heavy (non-hydrogen) atoms. The average Bonchev–Trinajstić information content (AvgIpc) is 2.94. The van der Waals surface area contributed by atoms with Gasteiger partial charge in [-0.1, -0.05) is 84.9 Å². The Morgan fingerprint density at radius 2 is 1.00 bits per heavy atom. The van der Waals surface area contributed by atoms with E-state index in [-0.39, 0.29) is 24.3 Å². The average molecular weight is 809 g/mol. The number of hydrogen-bond donors (Lipinski definition) is 1. The summed E-state index contributed by atoms with van der Waals surface area (Å²) < 4.78 is 30.0. The summed E-state index contributed by atoms with van der Waals surface area (Å²) in [5, 5.41) is 9.56. The maximum atomic E-state index is 11.2. The Morgan fingerprint density at radius 1 is 0.643 bits per heavy atom. The van der Waals surface area contributed by atoms with Crippen molar-refractivity contribution in [2.45, 2.75) is 24.3 Å². The molecule has 2 saturated heterocycles. The van der Waals surface area contributed by atoms with Crippen molar-refractivity contribution in [3.8, 4) is 0 Å². The first-order chi connectivity index (χ1) is 20.2. The summed E-state index contributed by atoms with van der Waals surface area (Å²) >= 11 is 4.62. The van der Waals surface area contributed by atoms with Gasteiger partial charge < -0.3 is 5.11 Å². The minimum absolute atomic E-state index is 0.118. The van der Waals surface area contributed by atoms with Crippen LogP contribution in [0.4, 0.5) is 0 Å². The Morgan fingerprint density at radius 3 is 1.36 bits per heavy atom. The van der Waals surface area contributed by atoms with Gasteiger partial charge in [0.25, 0.3) is 10.1 Å². The second-order valence-electron chi connectivity index (χ2n) is 10.7. The van der Waals surface area contributed by atoms with Gasteiger partial charge in [-0.25, -0.2) is 0 Å². The van der Waals surface area contributed by atoms with Gasteiger partial charge in [-0.3, -0.25) is 14.0 Å². The van der Waals surface area contributed by atoms with Crippen LogP contribution in [0.25, 0.3) is 0 Å². The Kier molecular flexibility index (Phi) is 10.7. The Bertz CT molecular complexity index is 1530. The number of halogens is 2. The van der Waals surface area contributed by atoms with Gasteiger partial charge in [-0.05, 0) is 91.7 Å². The van der Waals surface area contributed by atoms with E-state index < -0.39 is 10.1 Å². The van der Waals surface area contributed by atoms with Gasteiger partial charge >= 0.3 is 0 Å². The van der Waals surface area contributed by atoms with Crippen molar-refractivity contribution in [2.24, 2.45) is 0 Å². The van der Waals surface area contributed by atoms with E-state index in [4.69, 9.17) is 4.18 Å². The molecule has 4 aromatic carbocycles. The quantitative estimate of drug-likeness (QED) is 0.172. The van der Waals surface area contributed by atoms with E-state index in [0.717, 1.165) is 19.3 Å². The fourth-order valence-corrected chi connectivity index (χ4v) is 6.81. The maximum absolute atomic E-state index is 11.2. The summed E-state index contributed by atoms with van der Waals surface area (Å²) in [4.78, 5) is 4.57. The van der Waals surface area contributed by atoms with E-state index in [2.05, 4.69) is 140 Å². The van der Waals surface area contributed by atoms with Crippen LogP contribution in [0.2, 0.25) is 0 Å². The van der Waals surface area contributed by atoms with Gasteiger partial charge in [0.15, 0.2) is 0 Å². The first kappa shape index (κ1) is 31.6. The number of β-amino-alcohol motifs (C(OH)–C–C–N with tert-alkyl or cyclic N) is 1. The molecular weight excluding hydrogens is 774 g/mol. The molecule has 2 fully saturated rings. The van der Waals surface area contributed by atoms with Crippen LogP contribution in [0, 0.1) is 7.14 Å². The predicted molar refractivity (Wildman–Crippen MR) is 184 cm³/mol. The fraction of sp³-hybridized carbons (Fsp3) is 0.273. The van der Waals surface area contributed by atoms with E-state index >= 15 is 0 Å². The van der Waals surface area contributed by atoms with E-state index in [9.17, 15) is 13.5 Å². The lowest BCUT2D eigenvalue weighted by atomic mass is 9.94. The van der Waals surface area contributed by atoms with Crippen LogP contribution in [0.3, 0.4) is 0 Å². The molecule has 2 atom stereocenters. The maximum Gasteiger partial charge on any atom is 0.264 e. The van der Waals surface area contributed by atoms with E-state index in [0.29, 0.717) is 13.1 Å². The highest BCUT2D eigenvalue weighted by molar-refractivity contribution is 14.1. The molecule has 0 aromatic heterocycles. The van der Waals surface area contributed by atoms with Crippen molar-refractivity contribution >= 4 is 55.3 Å². The number of rotatable bonds is 8. The molecule has 6 nitrogen and oxygen atoms in total. The zero-order chi connectivity index (χ0) is 29.7. The van der Waals surface area contributed by atoms with Gasteiger partial charge in [0.1, 0.15) is 6.10 Å². The summed E-state index contributed by atoms with van der Waals surface area (Å²) in [6, 6.07) is 38.2. The molecule has 0 saturated carbocycles. The first-order valence-electron chi connectivity index (χ1n) is 13.8. The van der Waals surface area contributed by atoms with Gasteiger partial charge in [-0.15, -0.1) is 0 Å². The van der Waals surface area contributed by atoms with E-state index in [1.54, 1.807) is 0 Å². The molecule has 0 aliphatic carbocycles. The van der Waals surface area contributed by atoms with Gasteiger partial charge in [-0.2, -0.15) is 8.42 Å². The Balaban J connectivity index is 0.000000171. The van der Waals surface area contributed by atoms with Crippen LogP contribution in [0.15, 0.2) is 109 Å². The third-order valence-electron chi connectivity index (χ3n) is 7.41. The molecule has 0 spiro atoms. The van der Waals surface area contributed by atoms with Crippen molar-refractivity contribution in [1.29, 1.82) is 0 Å². The lowest BCUT2D eigenvalue weighted by molar-refractivity contribution is -0.0160. The molecule has 0 amide bonds. The number of hydrogen-bond acceptors (Lipinski definition) is 6. The largest absolute Gasteiger partial charge is 0.390 e. The van der Waals surface area contributed by atoms with Crippen molar-refractivity contribution < 1.29 is 17.7 Å². The van der Waals surface area contributed by atoms with Gasteiger partial charge in [0.2, 0.25) is 0 Å². The third-order valence-corrected chi connectivity index (χ3v) is 9.47. The number of nitrogens with zero attached hydrogens (tertiary/aromatic N) is 2. The Labute approximate surface area is 276 Å². The lowest BCUT2D eigenvalue weighted by Gasteiger charge is -2.43. The van der Waals surface area contributed by atoms with Crippen molar-refractivity contribution in [2.75, 3.05) is 32.4 Å². The van der Waals surface area contributed by atoms with Gasteiger partial charge in [0.05, 0.1) is 24.4 Å².